The molecule has 1 fully saturated rings. The average Bonchev–Trinajstić information content (AvgIpc) is 2.29. The van der Waals surface area contributed by atoms with Crippen LogP contribution in [0.15, 0.2) is 34.6 Å². The molecule has 0 spiro atoms. The van der Waals surface area contributed by atoms with Crippen molar-refractivity contribution >= 4 is 5.69 Å². The zero-order valence-electron chi connectivity index (χ0n) is 7.76. The third kappa shape index (κ3) is 1.11. The fourth-order valence-corrected chi connectivity index (χ4v) is 1.86. The molecule has 0 aromatic heterocycles. The predicted octanol–water partition coefficient (Wildman–Crippen LogP) is 2.42. The highest BCUT2D eigenvalue weighted by atomic mass is 16.5. The molecule has 0 unspecified atom stereocenters. The highest BCUT2D eigenvalue weighted by Crippen LogP contribution is 2.36. The van der Waals surface area contributed by atoms with Crippen LogP contribution in [0, 0.1) is 0 Å². The second-order valence-corrected chi connectivity index (χ2v) is 3.49. The molecule has 1 aromatic rings. The quantitative estimate of drug-likeness (QED) is 0.628. The highest BCUT2D eigenvalue weighted by Gasteiger charge is 2.28. The van der Waals surface area contributed by atoms with Crippen LogP contribution in [0.5, 0.6) is 0 Å². The number of rotatable bonds is 0. The van der Waals surface area contributed by atoms with Crippen molar-refractivity contribution in [2.45, 2.75) is 12.6 Å². The molecule has 2 aliphatic rings. The van der Waals surface area contributed by atoms with Crippen LogP contribution < -0.4 is 0 Å². The Morgan fingerprint density at radius 3 is 3.29 bits per heavy atom. The molecule has 0 amide bonds. The maximum atomic E-state index is 5.68. The van der Waals surface area contributed by atoms with Crippen molar-refractivity contribution in [2.75, 3.05) is 13.2 Å². The van der Waals surface area contributed by atoms with Gasteiger partial charge < -0.3 is 4.74 Å². The van der Waals surface area contributed by atoms with Gasteiger partial charge in [-0.25, -0.2) is 5.01 Å². The largest absolute Gasteiger partial charge is 0.352 e. The van der Waals surface area contributed by atoms with E-state index in [1.54, 1.807) is 0 Å². The predicted molar refractivity (Wildman–Crippen MR) is 51.0 cm³/mol. The van der Waals surface area contributed by atoms with Crippen LogP contribution in [0.25, 0.3) is 0 Å². The summed E-state index contributed by atoms with van der Waals surface area (Å²) in [6, 6.07) is 8.00. The molecule has 0 radical (unpaired) electrons. The van der Waals surface area contributed by atoms with E-state index >= 15 is 0 Å². The van der Waals surface area contributed by atoms with Gasteiger partial charge in [-0.3, -0.25) is 0 Å². The molecule has 72 valence electrons. The molecule has 1 atom stereocenters. The fourth-order valence-electron chi connectivity index (χ4n) is 1.86. The molecule has 4 heteroatoms. The summed E-state index contributed by atoms with van der Waals surface area (Å²) in [5.41, 5.74) is 2.05. The van der Waals surface area contributed by atoms with Gasteiger partial charge in [0.15, 0.2) is 6.23 Å². The lowest BCUT2D eigenvalue weighted by atomic mass is 10.1. The smallest absolute Gasteiger partial charge is 0.175 e. The first-order chi connectivity index (χ1) is 6.95. The van der Waals surface area contributed by atoms with Crippen molar-refractivity contribution in [2.24, 2.45) is 10.3 Å². The van der Waals surface area contributed by atoms with E-state index in [1.165, 1.54) is 0 Å². The fraction of sp³-hybridized carbons (Fsp3) is 0.400. The second kappa shape index (κ2) is 3.06. The number of benzene rings is 1. The number of hydrogen-bond acceptors (Lipinski definition) is 4. The minimum atomic E-state index is -0.0163. The van der Waals surface area contributed by atoms with Crippen molar-refractivity contribution in [3.05, 3.63) is 29.8 Å². The van der Waals surface area contributed by atoms with E-state index in [0.29, 0.717) is 0 Å². The molecular weight excluding hydrogens is 178 g/mol. The molecule has 2 heterocycles. The van der Waals surface area contributed by atoms with Crippen molar-refractivity contribution < 1.29 is 4.74 Å². The monoisotopic (exact) mass is 189 g/mol. The van der Waals surface area contributed by atoms with Gasteiger partial charge in [0.1, 0.15) is 0 Å². The first kappa shape index (κ1) is 7.94. The average molecular weight is 189 g/mol. The van der Waals surface area contributed by atoms with E-state index in [-0.39, 0.29) is 6.23 Å². The lowest BCUT2D eigenvalue weighted by molar-refractivity contribution is -0.104. The van der Waals surface area contributed by atoms with Crippen LogP contribution in [-0.4, -0.2) is 18.2 Å². The third-order valence-corrected chi connectivity index (χ3v) is 2.55. The number of hydrogen-bond donors (Lipinski definition) is 0. The van der Waals surface area contributed by atoms with E-state index in [2.05, 4.69) is 16.4 Å². The zero-order valence-corrected chi connectivity index (χ0v) is 7.76. The van der Waals surface area contributed by atoms with Crippen molar-refractivity contribution in [3.8, 4) is 0 Å². The maximum absolute atomic E-state index is 5.68. The first-order valence-corrected chi connectivity index (χ1v) is 4.84. The number of nitrogens with zero attached hydrogens (tertiary/aromatic N) is 3. The van der Waals surface area contributed by atoms with E-state index in [9.17, 15) is 0 Å². The van der Waals surface area contributed by atoms with E-state index in [0.717, 1.165) is 30.8 Å². The summed E-state index contributed by atoms with van der Waals surface area (Å²) in [6.45, 7) is 1.74. The van der Waals surface area contributed by atoms with Crippen molar-refractivity contribution in [1.29, 1.82) is 0 Å². The second-order valence-electron chi connectivity index (χ2n) is 3.49. The Morgan fingerprint density at radius 2 is 2.29 bits per heavy atom. The van der Waals surface area contributed by atoms with Crippen LogP contribution in [0.1, 0.15) is 18.2 Å². The topological polar surface area (TPSA) is 37.2 Å². The Kier molecular flexibility index (Phi) is 1.73. The molecule has 0 aliphatic carbocycles. The van der Waals surface area contributed by atoms with Gasteiger partial charge in [0.05, 0.1) is 12.3 Å². The van der Waals surface area contributed by atoms with E-state index in [1.807, 2.05) is 23.2 Å². The van der Waals surface area contributed by atoms with Gasteiger partial charge in [0.25, 0.3) is 0 Å². The molecule has 2 aliphatic heterocycles. The molecule has 14 heavy (non-hydrogen) atoms. The molecule has 0 bridgehead atoms. The Morgan fingerprint density at radius 1 is 1.36 bits per heavy atom. The summed E-state index contributed by atoms with van der Waals surface area (Å²) < 4.78 is 5.68. The lowest BCUT2D eigenvalue weighted by Gasteiger charge is -2.35. The Labute approximate surface area is 82.2 Å². The van der Waals surface area contributed by atoms with Crippen LogP contribution in [0.2, 0.25) is 0 Å². The van der Waals surface area contributed by atoms with Gasteiger partial charge >= 0.3 is 0 Å². The Hall–Kier alpha value is -1.42. The van der Waals surface area contributed by atoms with Gasteiger partial charge in [0, 0.05) is 12.1 Å². The standard InChI is InChI=1S/C10H11N3O/c1-2-5-9-8(4-1)10-13(12-11-9)6-3-7-14-10/h1-2,4-5,10H,3,6-7H2/t10-/m1/s1. The molecule has 3 rings (SSSR count). The molecule has 0 N–H and O–H groups in total. The van der Waals surface area contributed by atoms with Crippen LogP contribution in [-0.2, 0) is 4.74 Å². The summed E-state index contributed by atoms with van der Waals surface area (Å²) in [5, 5.41) is 10.2. The minimum Gasteiger partial charge on any atom is -0.352 e. The molecular formula is C10H11N3O. The van der Waals surface area contributed by atoms with Gasteiger partial charge in [-0.05, 0) is 12.5 Å². The van der Waals surface area contributed by atoms with Gasteiger partial charge in [-0.15, -0.1) is 5.11 Å². The summed E-state index contributed by atoms with van der Waals surface area (Å²) in [6.07, 6.45) is 1.01. The SMILES string of the molecule is c1ccc2c(c1)N=NN1CCCO[C@H]21. The summed E-state index contributed by atoms with van der Waals surface area (Å²) in [4.78, 5) is 0. The van der Waals surface area contributed by atoms with E-state index < -0.39 is 0 Å². The summed E-state index contributed by atoms with van der Waals surface area (Å²) in [5.74, 6) is 0. The number of fused-ring (bicyclic) bond motifs is 3. The van der Waals surface area contributed by atoms with Gasteiger partial charge in [0.2, 0.25) is 0 Å². The number of ether oxygens (including phenoxy) is 1. The van der Waals surface area contributed by atoms with Gasteiger partial charge in [-0.1, -0.05) is 23.4 Å². The zero-order chi connectivity index (χ0) is 9.38. The summed E-state index contributed by atoms with van der Waals surface area (Å²) >= 11 is 0. The third-order valence-electron chi connectivity index (χ3n) is 2.55. The Balaban J connectivity index is 2.05. The lowest BCUT2D eigenvalue weighted by Crippen LogP contribution is -2.33. The normalized spacial score (nSPS) is 24.3. The minimum absolute atomic E-state index is 0.0163. The van der Waals surface area contributed by atoms with Crippen molar-refractivity contribution in [1.82, 2.24) is 5.01 Å². The van der Waals surface area contributed by atoms with Crippen LogP contribution in [0.4, 0.5) is 5.69 Å². The first-order valence-electron chi connectivity index (χ1n) is 4.84. The maximum Gasteiger partial charge on any atom is 0.175 e. The molecule has 4 nitrogen and oxygen atoms in total. The highest BCUT2D eigenvalue weighted by molar-refractivity contribution is 5.47. The molecule has 1 saturated heterocycles. The van der Waals surface area contributed by atoms with Crippen LogP contribution >= 0.6 is 0 Å². The molecule has 0 saturated carbocycles. The molecule has 1 aromatic carbocycles. The van der Waals surface area contributed by atoms with E-state index in [4.69, 9.17) is 4.74 Å². The summed E-state index contributed by atoms with van der Waals surface area (Å²) in [7, 11) is 0. The van der Waals surface area contributed by atoms with Gasteiger partial charge in [-0.2, -0.15) is 0 Å². The van der Waals surface area contributed by atoms with Crippen molar-refractivity contribution in [3.63, 3.8) is 0 Å². The Bertz CT molecular complexity index is 377. The van der Waals surface area contributed by atoms with Crippen LogP contribution in [0.3, 0.4) is 0 Å².